The molecule has 850 valence electrons. The van der Waals surface area contributed by atoms with Crippen LogP contribution in [0.25, 0.3) is 0 Å². The maximum Gasteiger partial charge on any atom is 0.417 e. The SMILES string of the molecule is C=C(C(=O)OC)C(C)(C)C(=O)OCC(CC)(COC)COC(=O)C(C)(C)C(=C)C(=O)OC.C=C(C(=O)OCC(CC)(COC)COC(=O)C(=C)C(C)(C)C(=O)OC)C(C)(C)C(=O)OC.CCC(COC)(COC(=O)C(=O)OC)COC(=O)C(=O)OC.CCC(COC)(COC(=O)C(C)(C)C(=O)OC)COC(=O)C(C)(C)C(=O)OC.CCC(COC)(COC(=O)C(C)(C)C(C)(C)C(=O)OC)COC(=O)C(C)(C)C(C)(C)C(=O)OC. The zero-order valence-electron chi connectivity index (χ0n) is 94.8. The van der Waals surface area contributed by atoms with E-state index < -0.39 is 201 Å². The summed E-state index contributed by atoms with van der Waals surface area (Å²) in [6.07, 6.45) is 2.19. The highest BCUT2D eigenvalue weighted by Crippen LogP contribution is 2.45. The summed E-state index contributed by atoms with van der Waals surface area (Å²) in [6.45, 7) is 53.2. The first-order valence-corrected chi connectivity index (χ1v) is 46.6. The van der Waals surface area contributed by atoms with Crippen molar-refractivity contribution in [1.82, 2.24) is 0 Å². The van der Waals surface area contributed by atoms with Crippen LogP contribution in [0.15, 0.2) is 48.6 Å². The minimum Gasteiger partial charge on any atom is -0.469 e. The monoisotopic (exact) mass is 2130 g/mol. The molecule has 45 nitrogen and oxygen atoms in total. The van der Waals surface area contributed by atoms with Crippen molar-refractivity contribution in [3.8, 4) is 0 Å². The maximum atomic E-state index is 13.0. The number of esters is 20. The molecule has 45 heteroatoms. The summed E-state index contributed by atoms with van der Waals surface area (Å²) in [4.78, 5) is 241. The summed E-state index contributed by atoms with van der Waals surface area (Å²) in [7, 11) is 19.1. The van der Waals surface area contributed by atoms with Crippen molar-refractivity contribution in [2.45, 2.75) is 205 Å². The first-order chi connectivity index (χ1) is 67.9. The van der Waals surface area contributed by atoms with Crippen molar-refractivity contribution in [2.75, 3.05) is 206 Å². The molecule has 0 aromatic rings. The molecule has 0 bridgehead atoms. The van der Waals surface area contributed by atoms with Crippen molar-refractivity contribution in [1.29, 1.82) is 0 Å². The van der Waals surface area contributed by atoms with Crippen molar-refractivity contribution in [3.05, 3.63) is 48.6 Å². The van der Waals surface area contributed by atoms with Crippen LogP contribution in [-0.2, 0) is 214 Å². The molecule has 0 aromatic heterocycles. The summed E-state index contributed by atoms with van der Waals surface area (Å²) >= 11 is 0. The highest BCUT2D eigenvalue weighted by Gasteiger charge is 2.55. The lowest BCUT2D eigenvalue weighted by molar-refractivity contribution is -0.183. The average molecular weight is 2130 g/mol. The number of methoxy groups -OCH3 is 15. The lowest BCUT2D eigenvalue weighted by Crippen LogP contribution is -2.49. The number of rotatable bonds is 57. The number of hydrogen-bond acceptors (Lipinski definition) is 45. The smallest absolute Gasteiger partial charge is 0.417 e. The van der Waals surface area contributed by atoms with E-state index >= 15 is 0 Å². The van der Waals surface area contributed by atoms with Crippen LogP contribution in [0.4, 0.5) is 0 Å². The van der Waals surface area contributed by atoms with Crippen LogP contribution in [0.5, 0.6) is 0 Å². The van der Waals surface area contributed by atoms with Gasteiger partial charge in [-0.2, -0.15) is 0 Å². The molecule has 0 fully saturated rings. The number of ether oxygens (including phenoxy) is 25. The fraction of sp³-hybridized carbons (Fsp3) is 0.728. The molecular weight excluding hydrogens is 1960 g/mol. The van der Waals surface area contributed by atoms with E-state index in [1.807, 2.05) is 27.7 Å². The molecule has 0 aliphatic rings. The zero-order chi connectivity index (χ0) is 117. The van der Waals surface area contributed by atoms with E-state index in [9.17, 15) is 95.9 Å². The fourth-order valence-electron chi connectivity index (χ4n) is 11.9. The highest BCUT2D eigenvalue weighted by molar-refractivity contribution is 6.30. The number of carbonyl (C=O) groups is 20. The van der Waals surface area contributed by atoms with E-state index in [1.165, 1.54) is 176 Å². The van der Waals surface area contributed by atoms with Crippen molar-refractivity contribution < 1.29 is 214 Å². The molecule has 0 radical (unpaired) electrons. The molecule has 0 aliphatic carbocycles. The molecule has 0 rings (SSSR count). The summed E-state index contributed by atoms with van der Waals surface area (Å²) in [6, 6.07) is 0. The molecule has 0 heterocycles. The van der Waals surface area contributed by atoms with Gasteiger partial charge < -0.3 is 118 Å². The zero-order valence-corrected chi connectivity index (χ0v) is 94.8. The third-order valence-corrected chi connectivity index (χ3v) is 26.5. The van der Waals surface area contributed by atoms with E-state index in [0.29, 0.717) is 32.1 Å². The van der Waals surface area contributed by atoms with Crippen molar-refractivity contribution in [2.24, 2.45) is 81.2 Å². The Labute approximate surface area is 870 Å². The molecule has 0 saturated heterocycles. The van der Waals surface area contributed by atoms with Gasteiger partial charge in [0.25, 0.3) is 0 Å². The molecule has 0 atom stereocenters. The van der Waals surface area contributed by atoms with E-state index in [2.05, 4.69) is 54.7 Å². The third-order valence-electron chi connectivity index (χ3n) is 26.5. The van der Waals surface area contributed by atoms with E-state index in [1.54, 1.807) is 62.3 Å². The largest absolute Gasteiger partial charge is 0.469 e. The predicted molar refractivity (Wildman–Crippen MR) is 527 cm³/mol. The van der Waals surface area contributed by atoms with Gasteiger partial charge in [0.1, 0.15) is 66.1 Å². The molecule has 0 spiro atoms. The lowest BCUT2D eigenvalue weighted by atomic mass is 9.68. The first kappa shape index (κ1) is 145. The van der Waals surface area contributed by atoms with Crippen LogP contribution in [0, 0.1) is 81.2 Å². The Morgan fingerprint density at radius 1 is 0.155 bits per heavy atom. The molecular formula is C103H168O45. The highest BCUT2D eigenvalue weighted by atomic mass is 16.6. The first-order valence-electron chi connectivity index (χ1n) is 46.6. The minimum absolute atomic E-state index is 0.0478. The molecule has 0 amide bonds. The summed E-state index contributed by atoms with van der Waals surface area (Å²) in [5, 5.41) is 0. The van der Waals surface area contributed by atoms with Gasteiger partial charge in [-0.25, -0.2) is 38.4 Å². The topological polar surface area (TPSA) is 572 Å². The van der Waals surface area contributed by atoms with Crippen LogP contribution in [0.3, 0.4) is 0 Å². The molecule has 0 saturated carbocycles. The lowest BCUT2D eigenvalue weighted by Gasteiger charge is -2.39. The van der Waals surface area contributed by atoms with Crippen LogP contribution >= 0.6 is 0 Å². The van der Waals surface area contributed by atoms with Crippen molar-refractivity contribution >= 4 is 119 Å². The maximum absolute atomic E-state index is 13.0. The standard InChI is InChI=1S/C25H44O9.2C23H36O9.C19H32O9.C13H20O9/c1-13-25(14-30-10,15-33-19(28)23(6,7)21(2,3)17(26)31-11)16-34-20(29)24(8,9)22(4,5)18(27)32-12;1-11-23(12-28-8,13-31-17(24)15(2)21(4,5)19(26)29-9)14-32-18(25)16(3)22(6,7)20(27)30-10;1-11-23(12-28-8,13-31-19(26)21(4,5)15(2)17(24)29-9)14-32-20(27)22(6,7)16(3)18(25)30-10;1-9-19(10-24-6,11-27-15(22)17(2,3)13(20)25-7)12-28-16(23)18(4,5)14(21)26-8;1-5-13(6-18-2,7-21-11(16)9(14)19-3)8-22-12(17)10(15)20-4/h13-16H2,1-12H3;2*2-3,11-14H2,1,4-10H3;9-12H2,1-8H3;5-8H2,1-4H3. The third kappa shape index (κ3) is 40.9. The molecule has 0 aromatic carbocycles. The van der Waals surface area contributed by atoms with Gasteiger partial charge in [-0.15, -0.1) is 0 Å². The Balaban J connectivity index is -0.000000579. The van der Waals surface area contributed by atoms with E-state index in [4.69, 9.17) is 90.0 Å². The van der Waals surface area contributed by atoms with Gasteiger partial charge in [0, 0.05) is 57.8 Å². The molecule has 148 heavy (non-hydrogen) atoms. The Bertz CT molecular complexity index is 4270. The normalized spacial score (nSPS) is 12.0. The van der Waals surface area contributed by atoms with Crippen LogP contribution in [0.2, 0.25) is 0 Å². The van der Waals surface area contributed by atoms with Crippen LogP contribution in [0.1, 0.15) is 205 Å². The number of hydrogen-bond donors (Lipinski definition) is 0. The quantitative estimate of drug-likeness (QED) is 0.0180. The van der Waals surface area contributed by atoms with Gasteiger partial charge in [0.2, 0.25) is 0 Å². The second-order valence-electron chi connectivity index (χ2n) is 40.3. The van der Waals surface area contributed by atoms with Crippen LogP contribution < -0.4 is 0 Å². The van der Waals surface area contributed by atoms with E-state index in [-0.39, 0.29) is 121 Å². The van der Waals surface area contributed by atoms with Crippen molar-refractivity contribution in [3.63, 3.8) is 0 Å². The second kappa shape index (κ2) is 63.9. The summed E-state index contributed by atoms with van der Waals surface area (Å²) in [5.41, 5.74) is -17.3. The van der Waals surface area contributed by atoms with Gasteiger partial charge in [-0.05, 0) is 171 Å². The Hall–Kier alpha value is -11.8. The molecule has 0 unspecified atom stereocenters. The van der Waals surface area contributed by atoms with Gasteiger partial charge >= 0.3 is 119 Å². The molecule has 0 aliphatic heterocycles. The Morgan fingerprint density at radius 3 is 0.466 bits per heavy atom. The number of carbonyl (C=O) groups excluding carboxylic acids is 20. The van der Waals surface area contributed by atoms with Gasteiger partial charge in [0.15, 0.2) is 10.8 Å². The average Bonchev–Trinajstić information content (AvgIpc) is 0.779. The second-order valence-corrected chi connectivity index (χ2v) is 40.3. The summed E-state index contributed by atoms with van der Waals surface area (Å²) < 4.78 is 125. The Morgan fingerprint density at radius 2 is 0.297 bits per heavy atom. The van der Waals surface area contributed by atoms with Gasteiger partial charge in [-0.1, -0.05) is 60.9 Å². The Kier molecular flexibility index (Phi) is 62.4. The summed E-state index contributed by atoms with van der Waals surface area (Å²) in [5.74, 6) is -15.5. The minimum atomic E-state index is -1.48. The van der Waals surface area contributed by atoms with E-state index in [0.717, 1.165) is 14.2 Å². The van der Waals surface area contributed by atoms with Gasteiger partial charge in [-0.3, -0.25) is 57.5 Å². The predicted octanol–water partition coefficient (Wildman–Crippen LogP) is 9.79. The molecule has 0 N–H and O–H groups in total. The van der Waals surface area contributed by atoms with Crippen LogP contribution in [-0.4, -0.2) is 325 Å². The van der Waals surface area contributed by atoms with Gasteiger partial charge in [0.05, 0.1) is 175 Å². The fourth-order valence-corrected chi connectivity index (χ4v) is 11.9.